The third-order valence-electron chi connectivity index (χ3n) is 2.95. The first-order chi connectivity index (χ1) is 11.3. The first-order valence-corrected chi connectivity index (χ1v) is 8.45. The fourth-order valence-electron chi connectivity index (χ4n) is 2.11. The Morgan fingerprint density at radius 1 is 1.42 bits per heavy atom. The van der Waals surface area contributed by atoms with Gasteiger partial charge in [-0.05, 0) is 39.8 Å². The van der Waals surface area contributed by atoms with E-state index in [1.54, 1.807) is 12.4 Å². The number of rotatable bonds is 4. The molecule has 0 fully saturated rings. The molecule has 0 aliphatic heterocycles. The van der Waals surface area contributed by atoms with Crippen LogP contribution in [0.25, 0.3) is 11.1 Å². The first-order valence-electron chi connectivity index (χ1n) is 7.47. The Kier molecular flexibility index (Phi) is 5.58. The molecule has 0 bridgehead atoms. The number of aromatic nitrogens is 2. The van der Waals surface area contributed by atoms with Gasteiger partial charge in [0.2, 0.25) is 0 Å². The van der Waals surface area contributed by atoms with Crippen LogP contribution in [-0.4, -0.2) is 27.3 Å². The second-order valence-corrected chi connectivity index (χ2v) is 7.18. The number of carbonyl (C=O) groups is 1. The third kappa shape index (κ3) is 4.80. The van der Waals surface area contributed by atoms with E-state index in [1.807, 2.05) is 45.9 Å². The molecular formula is C18H19N3O2S. The molecule has 0 saturated carbocycles. The molecule has 0 atom stereocenters. The second kappa shape index (κ2) is 7.45. The van der Waals surface area contributed by atoms with Gasteiger partial charge in [-0.2, -0.15) is 5.26 Å². The Balaban J connectivity index is 2.30. The quantitative estimate of drug-likeness (QED) is 0.622. The summed E-state index contributed by atoms with van der Waals surface area (Å²) in [4.78, 5) is 20.4. The number of hydrogen-bond acceptors (Lipinski definition) is 6. The number of pyridine rings is 2. The smallest absolute Gasteiger partial charge is 0.316 e. The number of nitriles is 1. The maximum Gasteiger partial charge on any atom is 0.316 e. The zero-order chi connectivity index (χ0) is 17.7. The molecule has 0 aliphatic carbocycles. The van der Waals surface area contributed by atoms with E-state index in [4.69, 9.17) is 4.74 Å². The van der Waals surface area contributed by atoms with E-state index in [2.05, 4.69) is 16.0 Å². The molecule has 6 heteroatoms. The van der Waals surface area contributed by atoms with Crippen molar-refractivity contribution in [3.8, 4) is 17.2 Å². The summed E-state index contributed by atoms with van der Waals surface area (Å²) in [6, 6.07) is 7.77. The highest BCUT2D eigenvalue weighted by atomic mass is 32.2. The fourth-order valence-corrected chi connectivity index (χ4v) is 2.93. The van der Waals surface area contributed by atoms with Crippen molar-refractivity contribution < 1.29 is 9.53 Å². The molecular weight excluding hydrogens is 322 g/mol. The molecule has 0 aromatic carbocycles. The van der Waals surface area contributed by atoms with Gasteiger partial charge in [-0.3, -0.25) is 9.78 Å². The molecule has 2 rings (SSSR count). The normalized spacial score (nSPS) is 11.0. The minimum atomic E-state index is -0.531. The zero-order valence-electron chi connectivity index (χ0n) is 14.2. The van der Waals surface area contributed by atoms with Gasteiger partial charge in [0.25, 0.3) is 0 Å². The highest BCUT2D eigenvalue weighted by Gasteiger charge is 2.19. The van der Waals surface area contributed by atoms with Gasteiger partial charge in [0, 0.05) is 29.2 Å². The van der Waals surface area contributed by atoms with Crippen LogP contribution in [0, 0.1) is 18.3 Å². The molecule has 2 aromatic rings. The highest BCUT2D eigenvalue weighted by molar-refractivity contribution is 7.99. The van der Waals surface area contributed by atoms with Gasteiger partial charge < -0.3 is 4.74 Å². The standard InChI is InChI=1S/C18H19N3O2S/c1-12-8-14(13-6-5-7-20-10-13)15(9-19)17(21-12)24-11-16(22)23-18(2,3)4/h5-8,10H,11H2,1-4H3. The minimum Gasteiger partial charge on any atom is -0.459 e. The number of thioether (sulfide) groups is 1. The van der Waals surface area contributed by atoms with Crippen LogP contribution in [0.4, 0.5) is 0 Å². The van der Waals surface area contributed by atoms with Crippen molar-refractivity contribution >= 4 is 17.7 Å². The van der Waals surface area contributed by atoms with E-state index in [-0.39, 0.29) is 11.7 Å². The third-order valence-corrected chi connectivity index (χ3v) is 3.89. The lowest BCUT2D eigenvalue weighted by molar-refractivity contribution is -0.151. The van der Waals surface area contributed by atoms with Gasteiger partial charge in [0.15, 0.2) is 0 Å². The minimum absolute atomic E-state index is 0.106. The lowest BCUT2D eigenvalue weighted by Gasteiger charge is -2.19. The molecule has 0 N–H and O–H groups in total. The van der Waals surface area contributed by atoms with E-state index < -0.39 is 5.60 Å². The van der Waals surface area contributed by atoms with E-state index in [1.165, 1.54) is 11.8 Å². The summed E-state index contributed by atoms with van der Waals surface area (Å²) in [6.45, 7) is 7.32. The van der Waals surface area contributed by atoms with Crippen molar-refractivity contribution in [3.63, 3.8) is 0 Å². The van der Waals surface area contributed by atoms with Crippen molar-refractivity contribution in [2.24, 2.45) is 0 Å². The van der Waals surface area contributed by atoms with Crippen LogP contribution >= 0.6 is 11.8 Å². The van der Waals surface area contributed by atoms with Gasteiger partial charge in [-0.15, -0.1) is 0 Å². The highest BCUT2D eigenvalue weighted by Crippen LogP contribution is 2.30. The molecule has 2 heterocycles. The summed E-state index contributed by atoms with van der Waals surface area (Å²) < 4.78 is 5.30. The van der Waals surface area contributed by atoms with E-state index in [9.17, 15) is 10.1 Å². The van der Waals surface area contributed by atoms with Crippen molar-refractivity contribution in [2.75, 3.05) is 5.75 Å². The second-order valence-electron chi connectivity index (χ2n) is 6.22. The van der Waals surface area contributed by atoms with Crippen LogP contribution in [0.2, 0.25) is 0 Å². The molecule has 124 valence electrons. The van der Waals surface area contributed by atoms with Crippen LogP contribution in [0.5, 0.6) is 0 Å². The van der Waals surface area contributed by atoms with Crippen LogP contribution in [0.1, 0.15) is 32.0 Å². The SMILES string of the molecule is Cc1cc(-c2cccnc2)c(C#N)c(SCC(=O)OC(C)(C)C)n1. The van der Waals surface area contributed by atoms with Gasteiger partial charge in [-0.1, -0.05) is 17.8 Å². The van der Waals surface area contributed by atoms with Crippen molar-refractivity contribution in [1.29, 1.82) is 5.26 Å². The molecule has 0 spiro atoms. The summed E-state index contributed by atoms with van der Waals surface area (Å²) in [5.41, 5.74) is 2.31. The topological polar surface area (TPSA) is 75.9 Å². The molecule has 0 unspecified atom stereocenters. The number of nitrogens with zero attached hydrogens (tertiary/aromatic N) is 3. The molecule has 0 aliphatic rings. The number of esters is 1. The van der Waals surface area contributed by atoms with Gasteiger partial charge in [0.1, 0.15) is 16.7 Å². The number of hydrogen-bond donors (Lipinski definition) is 0. The lowest BCUT2D eigenvalue weighted by atomic mass is 10.0. The van der Waals surface area contributed by atoms with Crippen LogP contribution in [0.3, 0.4) is 0 Å². The van der Waals surface area contributed by atoms with Gasteiger partial charge in [0.05, 0.1) is 11.3 Å². The summed E-state index contributed by atoms with van der Waals surface area (Å²) in [5.74, 6) is -0.225. The van der Waals surface area contributed by atoms with E-state index in [0.717, 1.165) is 16.8 Å². The van der Waals surface area contributed by atoms with E-state index in [0.29, 0.717) is 10.6 Å². The predicted molar refractivity (Wildman–Crippen MR) is 93.5 cm³/mol. The van der Waals surface area contributed by atoms with Crippen molar-refractivity contribution in [1.82, 2.24) is 9.97 Å². The average Bonchev–Trinajstić information content (AvgIpc) is 2.51. The number of aryl methyl sites for hydroxylation is 1. The maximum absolute atomic E-state index is 11.9. The summed E-state index contributed by atoms with van der Waals surface area (Å²) in [6.07, 6.45) is 3.39. The Hall–Kier alpha value is -2.39. The lowest BCUT2D eigenvalue weighted by Crippen LogP contribution is -2.25. The molecule has 0 radical (unpaired) electrons. The summed E-state index contributed by atoms with van der Waals surface area (Å²) in [7, 11) is 0. The summed E-state index contributed by atoms with van der Waals surface area (Å²) in [5, 5.41) is 10.1. The predicted octanol–water partition coefficient (Wildman–Crippen LogP) is 3.76. The van der Waals surface area contributed by atoms with E-state index >= 15 is 0 Å². The molecule has 5 nitrogen and oxygen atoms in total. The fraction of sp³-hybridized carbons (Fsp3) is 0.333. The largest absolute Gasteiger partial charge is 0.459 e. The Morgan fingerprint density at radius 2 is 2.17 bits per heavy atom. The molecule has 24 heavy (non-hydrogen) atoms. The Bertz CT molecular complexity index is 777. The molecule has 0 amide bonds. The van der Waals surface area contributed by atoms with Gasteiger partial charge in [-0.25, -0.2) is 4.98 Å². The molecule has 2 aromatic heterocycles. The van der Waals surface area contributed by atoms with Crippen LogP contribution in [0.15, 0.2) is 35.6 Å². The average molecular weight is 341 g/mol. The van der Waals surface area contributed by atoms with Crippen LogP contribution < -0.4 is 0 Å². The Morgan fingerprint density at radius 3 is 2.75 bits per heavy atom. The van der Waals surface area contributed by atoms with Crippen molar-refractivity contribution in [2.45, 2.75) is 38.3 Å². The molecule has 0 saturated heterocycles. The Labute approximate surface area is 146 Å². The monoisotopic (exact) mass is 341 g/mol. The van der Waals surface area contributed by atoms with Crippen molar-refractivity contribution in [3.05, 3.63) is 41.9 Å². The maximum atomic E-state index is 11.9. The van der Waals surface area contributed by atoms with Gasteiger partial charge >= 0.3 is 5.97 Å². The number of ether oxygens (including phenoxy) is 1. The van der Waals surface area contributed by atoms with Crippen LogP contribution in [-0.2, 0) is 9.53 Å². The summed E-state index contributed by atoms with van der Waals surface area (Å²) >= 11 is 1.21. The first kappa shape index (κ1) is 18.0. The zero-order valence-corrected chi connectivity index (χ0v) is 15.0. The number of carbonyl (C=O) groups excluding carboxylic acids is 1.